The number of imidazole rings is 1. The Hall–Kier alpha value is -1.62. The summed E-state index contributed by atoms with van der Waals surface area (Å²) in [7, 11) is 0. The number of hydrogen-bond donors (Lipinski definition) is 1. The highest BCUT2D eigenvalue weighted by Gasteiger charge is 2.24. The van der Waals surface area contributed by atoms with E-state index < -0.39 is 0 Å². The monoisotopic (exact) mass is 276 g/mol. The summed E-state index contributed by atoms with van der Waals surface area (Å²) in [5.41, 5.74) is 8.32. The molecule has 0 bridgehead atoms. The third kappa shape index (κ3) is 2.16. The minimum Gasteiger partial charge on any atom is -0.369 e. The Labute approximate surface area is 118 Å². The highest BCUT2D eigenvalue weighted by molar-refractivity contribution is 5.79. The molecule has 0 aliphatic carbocycles. The molecule has 2 aromatic rings. The lowest BCUT2D eigenvalue weighted by Gasteiger charge is -2.33. The van der Waals surface area contributed by atoms with Crippen LogP contribution in [0.1, 0.15) is 31.4 Å². The van der Waals surface area contributed by atoms with Crippen molar-refractivity contribution in [3.8, 4) is 0 Å². The Morgan fingerprint density at radius 1 is 1.45 bits per heavy atom. The molecule has 1 unspecified atom stereocenters. The third-order valence-electron chi connectivity index (χ3n) is 4.29. The number of nitrogens with zero attached hydrogens (tertiary/aromatic N) is 3. The number of likely N-dealkylation sites (N-methyl/N-ethyl adjacent to an activating group) is 1. The van der Waals surface area contributed by atoms with Gasteiger partial charge in [0.1, 0.15) is 5.82 Å². The molecule has 1 fully saturated rings. The van der Waals surface area contributed by atoms with Crippen LogP contribution in [0.4, 0.5) is 10.3 Å². The smallest absolute Gasteiger partial charge is 0.201 e. The Morgan fingerprint density at radius 3 is 3.00 bits per heavy atom. The molecule has 1 aliphatic rings. The van der Waals surface area contributed by atoms with E-state index in [-0.39, 0.29) is 5.82 Å². The van der Waals surface area contributed by atoms with Gasteiger partial charge >= 0.3 is 0 Å². The van der Waals surface area contributed by atoms with Crippen molar-refractivity contribution in [1.82, 2.24) is 14.5 Å². The Morgan fingerprint density at radius 2 is 2.25 bits per heavy atom. The summed E-state index contributed by atoms with van der Waals surface area (Å²) >= 11 is 0. The summed E-state index contributed by atoms with van der Waals surface area (Å²) in [6, 6.07) is 3.68. The van der Waals surface area contributed by atoms with E-state index >= 15 is 0 Å². The second kappa shape index (κ2) is 5.05. The maximum absolute atomic E-state index is 13.7. The molecule has 2 N–H and O–H groups in total. The minimum absolute atomic E-state index is 0.221. The fourth-order valence-electron chi connectivity index (χ4n) is 3.15. The second-order valence-corrected chi connectivity index (χ2v) is 5.62. The van der Waals surface area contributed by atoms with Gasteiger partial charge in [0.05, 0.1) is 11.0 Å². The number of nitrogen functional groups attached to an aromatic ring is 1. The number of aromatic nitrogens is 2. The Balaban J connectivity index is 2.06. The Bertz CT molecular complexity index is 634. The van der Waals surface area contributed by atoms with E-state index in [1.807, 2.05) is 6.07 Å². The second-order valence-electron chi connectivity index (χ2n) is 5.62. The van der Waals surface area contributed by atoms with Gasteiger partial charge in [-0.25, -0.2) is 9.37 Å². The molecule has 2 heterocycles. The van der Waals surface area contributed by atoms with Crippen LogP contribution < -0.4 is 5.73 Å². The highest BCUT2D eigenvalue weighted by Crippen LogP contribution is 2.30. The van der Waals surface area contributed by atoms with E-state index in [9.17, 15) is 4.39 Å². The number of likely N-dealkylation sites (tertiary alicyclic amines) is 1. The number of nitrogens with two attached hydrogens (primary N) is 1. The topological polar surface area (TPSA) is 47.1 Å². The zero-order valence-electron chi connectivity index (χ0n) is 12.1. The van der Waals surface area contributed by atoms with Crippen LogP contribution in [0, 0.1) is 12.7 Å². The molecule has 0 amide bonds. The molecule has 1 aliphatic heterocycles. The maximum atomic E-state index is 13.7. The number of hydrogen-bond acceptors (Lipinski definition) is 3. The molecule has 4 nitrogen and oxygen atoms in total. The van der Waals surface area contributed by atoms with Gasteiger partial charge in [0, 0.05) is 18.7 Å². The van der Waals surface area contributed by atoms with Crippen LogP contribution in [0.2, 0.25) is 0 Å². The summed E-state index contributed by atoms with van der Waals surface area (Å²) in [6.07, 6.45) is 2.26. The zero-order valence-corrected chi connectivity index (χ0v) is 12.1. The number of benzene rings is 1. The molecule has 108 valence electrons. The maximum Gasteiger partial charge on any atom is 0.201 e. The largest absolute Gasteiger partial charge is 0.369 e. The average molecular weight is 276 g/mol. The van der Waals surface area contributed by atoms with Gasteiger partial charge in [-0.15, -0.1) is 0 Å². The highest BCUT2D eigenvalue weighted by atomic mass is 19.1. The average Bonchev–Trinajstić information content (AvgIpc) is 2.74. The van der Waals surface area contributed by atoms with Crippen LogP contribution in [0.5, 0.6) is 0 Å². The first-order valence-electron chi connectivity index (χ1n) is 7.26. The van der Waals surface area contributed by atoms with E-state index in [0.717, 1.165) is 38.0 Å². The molecule has 0 saturated carbocycles. The Kier molecular flexibility index (Phi) is 3.38. The van der Waals surface area contributed by atoms with Gasteiger partial charge in [-0.1, -0.05) is 6.92 Å². The molecular weight excluding hydrogens is 255 g/mol. The molecule has 1 atom stereocenters. The zero-order chi connectivity index (χ0) is 14.3. The normalized spacial score (nSPS) is 20.6. The summed E-state index contributed by atoms with van der Waals surface area (Å²) in [4.78, 5) is 6.75. The first kappa shape index (κ1) is 13.4. The summed E-state index contributed by atoms with van der Waals surface area (Å²) in [5.74, 6) is 0.272. The van der Waals surface area contributed by atoms with Crippen LogP contribution in [-0.4, -0.2) is 34.1 Å². The molecule has 5 heteroatoms. The lowest BCUT2D eigenvalue weighted by Crippen LogP contribution is -2.36. The molecule has 3 rings (SSSR count). The van der Waals surface area contributed by atoms with Gasteiger partial charge < -0.3 is 15.2 Å². The predicted octanol–water partition coefficient (Wildman–Crippen LogP) is 2.72. The lowest BCUT2D eigenvalue weighted by atomic mass is 10.1. The quantitative estimate of drug-likeness (QED) is 0.917. The van der Waals surface area contributed by atoms with E-state index in [1.54, 1.807) is 6.92 Å². The molecule has 1 saturated heterocycles. The van der Waals surface area contributed by atoms with Crippen LogP contribution in [0.15, 0.2) is 12.1 Å². The first-order chi connectivity index (χ1) is 9.60. The fraction of sp³-hybridized carbons (Fsp3) is 0.533. The number of fused-ring (bicyclic) bond motifs is 1. The van der Waals surface area contributed by atoms with Gasteiger partial charge in [0.25, 0.3) is 0 Å². The minimum atomic E-state index is -0.221. The van der Waals surface area contributed by atoms with Crippen molar-refractivity contribution in [2.24, 2.45) is 0 Å². The summed E-state index contributed by atoms with van der Waals surface area (Å²) in [6.45, 7) is 7.14. The number of aryl methyl sites for hydroxylation is 1. The summed E-state index contributed by atoms with van der Waals surface area (Å²) < 4.78 is 15.7. The standard InChI is InChI=1S/C15H21FN4/c1-3-19-6-4-5-11(9-19)20-14-7-10(2)12(16)8-13(14)18-15(20)17/h7-8,11H,3-6,9H2,1-2H3,(H2,17,18). The van der Waals surface area contributed by atoms with Crippen molar-refractivity contribution in [3.63, 3.8) is 0 Å². The lowest BCUT2D eigenvalue weighted by molar-refractivity contribution is 0.188. The van der Waals surface area contributed by atoms with E-state index in [2.05, 4.69) is 21.4 Å². The number of piperidine rings is 1. The number of rotatable bonds is 2. The number of halogens is 1. The van der Waals surface area contributed by atoms with Gasteiger partial charge in [-0.3, -0.25) is 0 Å². The first-order valence-corrected chi connectivity index (χ1v) is 7.26. The summed E-state index contributed by atoms with van der Waals surface area (Å²) in [5, 5.41) is 0. The predicted molar refractivity (Wildman–Crippen MR) is 79.2 cm³/mol. The van der Waals surface area contributed by atoms with Crippen molar-refractivity contribution >= 4 is 17.0 Å². The van der Waals surface area contributed by atoms with Crippen LogP contribution in [-0.2, 0) is 0 Å². The number of anilines is 1. The van der Waals surface area contributed by atoms with Gasteiger partial charge in [0.15, 0.2) is 0 Å². The molecule has 1 aromatic carbocycles. The van der Waals surface area contributed by atoms with Crippen LogP contribution >= 0.6 is 0 Å². The molecular formula is C15H21FN4. The molecule has 1 aromatic heterocycles. The van der Waals surface area contributed by atoms with Crippen molar-refractivity contribution < 1.29 is 4.39 Å². The van der Waals surface area contributed by atoms with E-state index in [4.69, 9.17) is 5.73 Å². The molecule has 0 spiro atoms. The van der Waals surface area contributed by atoms with E-state index in [1.165, 1.54) is 6.07 Å². The van der Waals surface area contributed by atoms with Crippen LogP contribution in [0.25, 0.3) is 11.0 Å². The van der Waals surface area contributed by atoms with Crippen molar-refractivity contribution in [1.29, 1.82) is 0 Å². The van der Waals surface area contributed by atoms with Crippen LogP contribution in [0.3, 0.4) is 0 Å². The SMILES string of the molecule is CCN1CCCC(n2c(N)nc3cc(F)c(C)cc32)C1. The fourth-order valence-corrected chi connectivity index (χ4v) is 3.15. The van der Waals surface area contributed by atoms with Gasteiger partial charge in [-0.2, -0.15) is 0 Å². The molecule has 20 heavy (non-hydrogen) atoms. The van der Waals surface area contributed by atoms with Gasteiger partial charge in [-0.05, 0) is 44.5 Å². The van der Waals surface area contributed by atoms with Gasteiger partial charge in [0.2, 0.25) is 5.95 Å². The van der Waals surface area contributed by atoms with Crippen molar-refractivity contribution in [3.05, 3.63) is 23.5 Å². The van der Waals surface area contributed by atoms with Crippen molar-refractivity contribution in [2.75, 3.05) is 25.4 Å². The third-order valence-corrected chi connectivity index (χ3v) is 4.29. The molecule has 0 radical (unpaired) electrons. The van der Waals surface area contributed by atoms with E-state index in [0.29, 0.717) is 23.1 Å². The van der Waals surface area contributed by atoms with Crippen molar-refractivity contribution in [2.45, 2.75) is 32.7 Å².